The van der Waals surface area contributed by atoms with Crippen LogP contribution in [0.25, 0.3) is 5.82 Å². The molecule has 3 rings (SSSR count). The summed E-state index contributed by atoms with van der Waals surface area (Å²) in [6.07, 6.45) is 6.11. The Morgan fingerprint density at radius 2 is 2.09 bits per heavy atom. The predicted octanol–water partition coefficient (Wildman–Crippen LogP) is 2.28. The van der Waals surface area contributed by atoms with Crippen LogP contribution in [0.3, 0.4) is 0 Å². The van der Waals surface area contributed by atoms with Crippen molar-refractivity contribution in [3.8, 4) is 5.82 Å². The van der Waals surface area contributed by atoms with Crippen LogP contribution >= 0.6 is 0 Å². The Morgan fingerprint density at radius 3 is 2.82 bits per heavy atom. The van der Waals surface area contributed by atoms with Crippen molar-refractivity contribution in [3.63, 3.8) is 0 Å². The standard InChI is InChI=1S/C16H23N5O/c1-4-22-14-6-5-7-20(11-14)15-9-17-10-16(18-15)21-13(3)8-12(2)19-21/h8-10,14H,4-7,11H2,1-3H3. The number of piperidine rings is 1. The number of nitrogens with zero attached hydrogens (tertiary/aromatic N) is 5. The summed E-state index contributed by atoms with van der Waals surface area (Å²) in [5, 5.41) is 4.48. The van der Waals surface area contributed by atoms with Gasteiger partial charge in [-0.2, -0.15) is 5.10 Å². The van der Waals surface area contributed by atoms with Crippen LogP contribution in [-0.2, 0) is 4.74 Å². The van der Waals surface area contributed by atoms with Gasteiger partial charge < -0.3 is 9.64 Å². The normalized spacial score (nSPS) is 18.7. The number of aryl methyl sites for hydroxylation is 2. The van der Waals surface area contributed by atoms with E-state index >= 15 is 0 Å². The molecule has 118 valence electrons. The van der Waals surface area contributed by atoms with Gasteiger partial charge >= 0.3 is 0 Å². The van der Waals surface area contributed by atoms with Crippen LogP contribution in [0.4, 0.5) is 5.82 Å². The van der Waals surface area contributed by atoms with E-state index in [-0.39, 0.29) is 6.10 Å². The molecule has 22 heavy (non-hydrogen) atoms. The van der Waals surface area contributed by atoms with Crippen LogP contribution in [-0.4, -0.2) is 45.5 Å². The molecule has 0 amide bonds. The fourth-order valence-corrected chi connectivity index (χ4v) is 2.98. The van der Waals surface area contributed by atoms with E-state index in [0.29, 0.717) is 0 Å². The van der Waals surface area contributed by atoms with Crippen LogP contribution in [0, 0.1) is 13.8 Å². The van der Waals surface area contributed by atoms with Crippen molar-refractivity contribution in [2.75, 3.05) is 24.6 Å². The first-order chi connectivity index (χ1) is 10.7. The molecule has 0 aliphatic carbocycles. The number of rotatable bonds is 4. The molecule has 1 saturated heterocycles. The molecule has 0 radical (unpaired) electrons. The molecule has 1 aliphatic rings. The highest BCUT2D eigenvalue weighted by atomic mass is 16.5. The molecule has 0 spiro atoms. The molecule has 1 atom stereocenters. The van der Waals surface area contributed by atoms with Gasteiger partial charge in [0.15, 0.2) is 5.82 Å². The van der Waals surface area contributed by atoms with Gasteiger partial charge in [0.2, 0.25) is 0 Å². The van der Waals surface area contributed by atoms with Crippen molar-refractivity contribution in [1.29, 1.82) is 0 Å². The van der Waals surface area contributed by atoms with Gasteiger partial charge in [-0.15, -0.1) is 0 Å². The Bertz CT molecular complexity index is 637. The highest BCUT2D eigenvalue weighted by Gasteiger charge is 2.21. The zero-order chi connectivity index (χ0) is 15.5. The highest BCUT2D eigenvalue weighted by molar-refractivity contribution is 5.40. The van der Waals surface area contributed by atoms with Crippen LogP contribution in [0.5, 0.6) is 0 Å². The van der Waals surface area contributed by atoms with Crippen molar-refractivity contribution in [3.05, 3.63) is 29.8 Å². The van der Waals surface area contributed by atoms with Crippen molar-refractivity contribution in [2.45, 2.75) is 39.7 Å². The molecule has 1 unspecified atom stereocenters. The number of anilines is 1. The molecule has 0 saturated carbocycles. The van der Waals surface area contributed by atoms with E-state index in [0.717, 1.165) is 55.6 Å². The fraction of sp³-hybridized carbons (Fsp3) is 0.562. The quantitative estimate of drug-likeness (QED) is 0.867. The Kier molecular flexibility index (Phi) is 4.38. The average Bonchev–Trinajstić information content (AvgIpc) is 2.87. The largest absolute Gasteiger partial charge is 0.377 e. The Balaban J connectivity index is 1.83. The molecular weight excluding hydrogens is 278 g/mol. The van der Waals surface area contributed by atoms with E-state index in [9.17, 15) is 0 Å². The highest BCUT2D eigenvalue weighted by Crippen LogP contribution is 2.20. The maximum Gasteiger partial charge on any atom is 0.174 e. The van der Waals surface area contributed by atoms with Crippen molar-refractivity contribution in [1.82, 2.24) is 19.7 Å². The third-order valence-corrected chi connectivity index (χ3v) is 3.94. The van der Waals surface area contributed by atoms with E-state index in [2.05, 4.69) is 15.0 Å². The third-order valence-electron chi connectivity index (χ3n) is 3.94. The van der Waals surface area contributed by atoms with Crippen LogP contribution in [0.2, 0.25) is 0 Å². The van der Waals surface area contributed by atoms with Crippen LogP contribution < -0.4 is 4.90 Å². The minimum atomic E-state index is 0.290. The Labute approximate surface area is 131 Å². The minimum Gasteiger partial charge on any atom is -0.377 e. The first-order valence-corrected chi connectivity index (χ1v) is 7.89. The molecule has 6 nitrogen and oxygen atoms in total. The summed E-state index contributed by atoms with van der Waals surface area (Å²) in [7, 11) is 0. The Hall–Kier alpha value is -1.95. The molecule has 0 N–H and O–H groups in total. The topological polar surface area (TPSA) is 56.1 Å². The molecule has 2 aromatic heterocycles. The molecular formula is C16H23N5O. The van der Waals surface area contributed by atoms with E-state index in [1.165, 1.54) is 0 Å². The Morgan fingerprint density at radius 1 is 1.27 bits per heavy atom. The maximum atomic E-state index is 5.76. The van der Waals surface area contributed by atoms with Crippen LogP contribution in [0.1, 0.15) is 31.2 Å². The molecule has 0 aromatic carbocycles. The summed E-state index contributed by atoms with van der Waals surface area (Å²) in [5.74, 6) is 1.66. The summed E-state index contributed by atoms with van der Waals surface area (Å²) in [6, 6.07) is 2.04. The molecule has 6 heteroatoms. The maximum absolute atomic E-state index is 5.76. The van der Waals surface area contributed by atoms with Crippen LogP contribution in [0.15, 0.2) is 18.5 Å². The third kappa shape index (κ3) is 3.11. The monoisotopic (exact) mass is 301 g/mol. The molecule has 0 bridgehead atoms. The molecule has 3 heterocycles. The number of ether oxygens (including phenoxy) is 1. The van der Waals surface area contributed by atoms with Gasteiger partial charge in [0, 0.05) is 25.4 Å². The van der Waals surface area contributed by atoms with Gasteiger partial charge in [0.1, 0.15) is 5.82 Å². The fourth-order valence-electron chi connectivity index (χ4n) is 2.98. The van der Waals surface area contributed by atoms with E-state index in [1.807, 2.05) is 37.7 Å². The second-order valence-electron chi connectivity index (χ2n) is 5.74. The lowest BCUT2D eigenvalue weighted by Crippen LogP contribution is -2.40. The zero-order valence-corrected chi connectivity index (χ0v) is 13.5. The number of hydrogen-bond donors (Lipinski definition) is 0. The van der Waals surface area contributed by atoms with Gasteiger partial charge in [-0.05, 0) is 39.7 Å². The van der Waals surface area contributed by atoms with Gasteiger partial charge in [-0.1, -0.05) is 0 Å². The second kappa shape index (κ2) is 6.44. The SMILES string of the molecule is CCOC1CCCN(c2cncc(-n3nc(C)cc3C)n2)C1. The number of hydrogen-bond acceptors (Lipinski definition) is 5. The lowest BCUT2D eigenvalue weighted by molar-refractivity contribution is 0.0525. The first kappa shape index (κ1) is 15.0. The zero-order valence-electron chi connectivity index (χ0n) is 13.5. The van der Waals surface area contributed by atoms with Gasteiger partial charge in [-0.3, -0.25) is 4.98 Å². The van der Waals surface area contributed by atoms with Gasteiger partial charge in [0.05, 0.1) is 24.2 Å². The summed E-state index contributed by atoms with van der Waals surface area (Å²) in [4.78, 5) is 11.4. The second-order valence-corrected chi connectivity index (χ2v) is 5.74. The van der Waals surface area contributed by atoms with E-state index in [4.69, 9.17) is 9.72 Å². The van der Waals surface area contributed by atoms with Gasteiger partial charge in [-0.25, -0.2) is 9.67 Å². The minimum absolute atomic E-state index is 0.290. The summed E-state index contributed by atoms with van der Waals surface area (Å²) in [5.41, 5.74) is 2.05. The van der Waals surface area contributed by atoms with Gasteiger partial charge in [0.25, 0.3) is 0 Å². The smallest absolute Gasteiger partial charge is 0.174 e. The van der Waals surface area contributed by atoms with Crippen molar-refractivity contribution in [2.24, 2.45) is 0 Å². The lowest BCUT2D eigenvalue weighted by atomic mass is 10.1. The van der Waals surface area contributed by atoms with Crippen molar-refractivity contribution >= 4 is 5.82 Å². The predicted molar refractivity (Wildman–Crippen MR) is 85.5 cm³/mol. The summed E-state index contributed by atoms with van der Waals surface area (Å²) < 4.78 is 7.61. The molecule has 1 fully saturated rings. The first-order valence-electron chi connectivity index (χ1n) is 7.89. The average molecular weight is 301 g/mol. The number of aromatic nitrogens is 4. The van der Waals surface area contributed by atoms with Crippen molar-refractivity contribution < 1.29 is 4.74 Å². The molecule has 1 aliphatic heterocycles. The summed E-state index contributed by atoms with van der Waals surface area (Å²) in [6.45, 7) is 8.69. The molecule has 2 aromatic rings. The van der Waals surface area contributed by atoms with E-state index < -0.39 is 0 Å². The summed E-state index contributed by atoms with van der Waals surface area (Å²) >= 11 is 0. The van der Waals surface area contributed by atoms with E-state index in [1.54, 1.807) is 6.20 Å². The lowest BCUT2D eigenvalue weighted by Gasteiger charge is -2.33.